The fourth-order valence-electron chi connectivity index (χ4n) is 1.70. The first-order chi connectivity index (χ1) is 8.56. The number of thiazole rings is 1. The lowest BCUT2D eigenvalue weighted by Gasteiger charge is -2.07. The zero-order valence-electron chi connectivity index (χ0n) is 10.2. The Bertz CT molecular complexity index is 578. The molecule has 4 nitrogen and oxygen atoms in total. The summed E-state index contributed by atoms with van der Waals surface area (Å²) in [6.45, 7) is 4.41. The Morgan fingerprint density at radius 2 is 2.22 bits per heavy atom. The predicted molar refractivity (Wildman–Crippen MR) is 72.3 cm³/mol. The molecule has 0 unspecified atom stereocenters. The lowest BCUT2D eigenvalue weighted by atomic mass is 10.1. The maximum atomic E-state index is 10.9. The summed E-state index contributed by atoms with van der Waals surface area (Å²) in [5.41, 5.74) is 2.99. The van der Waals surface area contributed by atoms with E-state index < -0.39 is 5.97 Å². The number of aromatic nitrogens is 1. The minimum atomic E-state index is -0.894. The second-order valence-electron chi connectivity index (χ2n) is 4.05. The van der Waals surface area contributed by atoms with E-state index in [9.17, 15) is 4.79 Å². The molecule has 0 saturated carbocycles. The zero-order chi connectivity index (χ0) is 13.1. The van der Waals surface area contributed by atoms with Crippen LogP contribution in [-0.4, -0.2) is 16.1 Å². The number of nitrogens with one attached hydrogen (secondary N) is 1. The molecule has 1 aromatic heterocycles. The molecule has 0 amide bonds. The molecule has 2 aromatic rings. The van der Waals surface area contributed by atoms with Crippen molar-refractivity contribution < 1.29 is 9.90 Å². The molecule has 1 aromatic carbocycles. The zero-order valence-corrected chi connectivity index (χ0v) is 11.0. The van der Waals surface area contributed by atoms with Crippen molar-refractivity contribution in [3.8, 4) is 0 Å². The van der Waals surface area contributed by atoms with Gasteiger partial charge in [-0.3, -0.25) is 0 Å². The van der Waals surface area contributed by atoms with Gasteiger partial charge in [0.1, 0.15) is 0 Å². The third kappa shape index (κ3) is 2.87. The van der Waals surface area contributed by atoms with Crippen LogP contribution in [0.3, 0.4) is 0 Å². The molecule has 0 aliphatic heterocycles. The number of aryl methyl sites for hydroxylation is 2. The maximum absolute atomic E-state index is 10.9. The fourth-order valence-corrected chi connectivity index (χ4v) is 2.31. The third-order valence-electron chi connectivity index (χ3n) is 2.60. The van der Waals surface area contributed by atoms with Gasteiger partial charge in [-0.15, -0.1) is 11.3 Å². The monoisotopic (exact) mass is 262 g/mol. The van der Waals surface area contributed by atoms with Gasteiger partial charge in [-0.1, -0.05) is 0 Å². The lowest BCUT2D eigenvalue weighted by Crippen LogP contribution is -2.03. The van der Waals surface area contributed by atoms with Gasteiger partial charge in [-0.25, -0.2) is 9.78 Å². The van der Waals surface area contributed by atoms with Crippen LogP contribution in [0.4, 0.5) is 5.69 Å². The Morgan fingerprint density at radius 3 is 2.78 bits per heavy atom. The van der Waals surface area contributed by atoms with E-state index in [1.54, 1.807) is 30.4 Å². The molecule has 0 aliphatic rings. The summed E-state index contributed by atoms with van der Waals surface area (Å²) in [6, 6.07) is 5.23. The molecular formula is C13H14N2O2S. The standard InChI is InChI=1S/C13H14N2O2S/c1-8-5-10(3-4-12(8)13(16)17)14-6-11-7-18-9(2)15-11/h3-5,7,14H,6H2,1-2H3,(H,16,17). The summed E-state index contributed by atoms with van der Waals surface area (Å²) in [5, 5.41) is 15.2. The van der Waals surface area contributed by atoms with Crippen LogP contribution in [0.25, 0.3) is 0 Å². The molecule has 2 N–H and O–H groups in total. The highest BCUT2D eigenvalue weighted by molar-refractivity contribution is 7.09. The number of carbonyl (C=O) groups is 1. The van der Waals surface area contributed by atoms with Crippen molar-refractivity contribution in [2.45, 2.75) is 20.4 Å². The summed E-state index contributed by atoms with van der Waals surface area (Å²) in [4.78, 5) is 15.2. The van der Waals surface area contributed by atoms with Crippen molar-refractivity contribution in [2.75, 3.05) is 5.32 Å². The summed E-state index contributed by atoms with van der Waals surface area (Å²) >= 11 is 1.62. The smallest absolute Gasteiger partial charge is 0.335 e. The average molecular weight is 262 g/mol. The molecule has 0 radical (unpaired) electrons. The summed E-state index contributed by atoms with van der Waals surface area (Å²) in [5.74, 6) is -0.894. The number of hydrogen-bond acceptors (Lipinski definition) is 4. The molecule has 0 bridgehead atoms. The van der Waals surface area contributed by atoms with Crippen LogP contribution in [0.2, 0.25) is 0 Å². The Hall–Kier alpha value is -1.88. The quantitative estimate of drug-likeness (QED) is 0.889. The fraction of sp³-hybridized carbons (Fsp3) is 0.231. The lowest BCUT2D eigenvalue weighted by molar-refractivity contribution is 0.0696. The first-order valence-electron chi connectivity index (χ1n) is 5.55. The van der Waals surface area contributed by atoms with Crippen molar-refractivity contribution in [2.24, 2.45) is 0 Å². The van der Waals surface area contributed by atoms with E-state index in [0.717, 1.165) is 22.0 Å². The molecule has 0 aliphatic carbocycles. The second kappa shape index (κ2) is 5.18. The van der Waals surface area contributed by atoms with E-state index in [0.29, 0.717) is 12.1 Å². The largest absolute Gasteiger partial charge is 0.478 e. The highest BCUT2D eigenvalue weighted by Crippen LogP contribution is 2.16. The minimum Gasteiger partial charge on any atom is -0.478 e. The van der Waals surface area contributed by atoms with Gasteiger partial charge < -0.3 is 10.4 Å². The molecule has 2 rings (SSSR count). The molecule has 0 fully saturated rings. The van der Waals surface area contributed by atoms with Crippen molar-refractivity contribution in [1.29, 1.82) is 0 Å². The van der Waals surface area contributed by atoms with Crippen molar-refractivity contribution in [1.82, 2.24) is 4.98 Å². The van der Waals surface area contributed by atoms with Gasteiger partial charge in [0, 0.05) is 11.1 Å². The van der Waals surface area contributed by atoms with Gasteiger partial charge in [-0.2, -0.15) is 0 Å². The van der Waals surface area contributed by atoms with Crippen LogP contribution in [0.5, 0.6) is 0 Å². The molecule has 0 saturated heterocycles. The number of carboxylic acids is 1. The van der Waals surface area contributed by atoms with Crippen molar-refractivity contribution >= 4 is 23.0 Å². The van der Waals surface area contributed by atoms with Crippen molar-refractivity contribution in [3.63, 3.8) is 0 Å². The molecule has 18 heavy (non-hydrogen) atoms. The topological polar surface area (TPSA) is 62.2 Å². The van der Waals surface area contributed by atoms with E-state index >= 15 is 0 Å². The highest BCUT2D eigenvalue weighted by Gasteiger charge is 2.07. The minimum absolute atomic E-state index is 0.338. The molecular weight excluding hydrogens is 248 g/mol. The van der Waals surface area contributed by atoms with Gasteiger partial charge in [0.25, 0.3) is 0 Å². The van der Waals surface area contributed by atoms with Crippen molar-refractivity contribution in [3.05, 3.63) is 45.4 Å². The van der Waals surface area contributed by atoms with E-state index in [-0.39, 0.29) is 0 Å². The van der Waals surface area contributed by atoms with Crippen LogP contribution in [0.15, 0.2) is 23.6 Å². The molecule has 0 atom stereocenters. The van der Waals surface area contributed by atoms with Crippen LogP contribution in [0.1, 0.15) is 26.6 Å². The van der Waals surface area contributed by atoms with E-state index in [1.807, 2.05) is 18.4 Å². The van der Waals surface area contributed by atoms with Crippen LogP contribution >= 0.6 is 11.3 Å². The molecule has 94 valence electrons. The summed E-state index contributed by atoms with van der Waals surface area (Å²) in [6.07, 6.45) is 0. The van der Waals surface area contributed by atoms with E-state index in [4.69, 9.17) is 5.11 Å². The molecule has 5 heteroatoms. The first-order valence-corrected chi connectivity index (χ1v) is 6.43. The molecule has 1 heterocycles. The van der Waals surface area contributed by atoms with Crippen LogP contribution in [0, 0.1) is 13.8 Å². The number of anilines is 1. The number of aromatic carboxylic acids is 1. The van der Waals surface area contributed by atoms with Gasteiger partial charge in [0.05, 0.1) is 22.8 Å². The van der Waals surface area contributed by atoms with E-state index in [2.05, 4.69) is 10.3 Å². The van der Waals surface area contributed by atoms with Crippen LogP contribution < -0.4 is 5.32 Å². The number of benzene rings is 1. The van der Waals surface area contributed by atoms with Gasteiger partial charge in [-0.05, 0) is 37.6 Å². The third-order valence-corrected chi connectivity index (χ3v) is 3.42. The Morgan fingerprint density at radius 1 is 1.44 bits per heavy atom. The maximum Gasteiger partial charge on any atom is 0.335 e. The number of rotatable bonds is 4. The Balaban J connectivity index is 2.06. The SMILES string of the molecule is Cc1nc(CNc2ccc(C(=O)O)c(C)c2)cs1. The molecule has 0 spiro atoms. The Labute approximate surface area is 109 Å². The Kier molecular flexibility index (Phi) is 3.62. The number of carboxylic acid groups (broad SMARTS) is 1. The first kappa shape index (κ1) is 12.6. The van der Waals surface area contributed by atoms with Gasteiger partial charge in [0.2, 0.25) is 0 Å². The number of hydrogen-bond donors (Lipinski definition) is 2. The summed E-state index contributed by atoms with van der Waals surface area (Å²) < 4.78 is 0. The number of nitrogens with zero attached hydrogens (tertiary/aromatic N) is 1. The van der Waals surface area contributed by atoms with E-state index in [1.165, 1.54) is 0 Å². The normalized spacial score (nSPS) is 10.3. The summed E-state index contributed by atoms with van der Waals surface area (Å²) in [7, 11) is 0. The van der Waals surface area contributed by atoms with Crippen LogP contribution in [-0.2, 0) is 6.54 Å². The highest BCUT2D eigenvalue weighted by atomic mass is 32.1. The van der Waals surface area contributed by atoms with Gasteiger partial charge >= 0.3 is 5.97 Å². The predicted octanol–water partition coefficient (Wildman–Crippen LogP) is 3.07. The van der Waals surface area contributed by atoms with Gasteiger partial charge in [0.15, 0.2) is 0 Å². The average Bonchev–Trinajstić information content (AvgIpc) is 2.72. The second-order valence-corrected chi connectivity index (χ2v) is 5.11.